The van der Waals surface area contributed by atoms with Crippen molar-refractivity contribution in [1.29, 1.82) is 0 Å². The molecule has 10 N–H and O–H groups in total. The summed E-state index contributed by atoms with van der Waals surface area (Å²) in [5.41, 5.74) is 8.77. The van der Waals surface area contributed by atoms with E-state index < -0.39 is 54.1 Å². The van der Waals surface area contributed by atoms with Gasteiger partial charge >= 0.3 is 23.5 Å². The molecule has 0 saturated carbocycles. The molecule has 0 spiro atoms. The number of aromatic nitrogens is 4. The molecule has 2 aromatic heterocycles. The number of phosphoric acid groups is 3. The lowest BCUT2D eigenvalue weighted by Gasteiger charge is -2.26. The summed E-state index contributed by atoms with van der Waals surface area (Å²) in [6, 6.07) is 0. The summed E-state index contributed by atoms with van der Waals surface area (Å²) in [5.74, 6) is 1.55. The highest BCUT2D eigenvalue weighted by atomic mass is 31.3. The maximum Gasteiger partial charge on any atom is 0.490 e. The van der Waals surface area contributed by atoms with Crippen LogP contribution in [0, 0.1) is 12.3 Å². The van der Waals surface area contributed by atoms with E-state index in [1.54, 1.807) is 0 Å². The van der Waals surface area contributed by atoms with Crippen LogP contribution in [-0.2, 0) is 31.6 Å². The molecular formula is C12H17N6O13P3. The van der Waals surface area contributed by atoms with Crippen LogP contribution in [0.1, 0.15) is 6.23 Å². The van der Waals surface area contributed by atoms with Crippen molar-refractivity contribution in [1.82, 2.24) is 19.5 Å². The Kier molecular flexibility index (Phi) is 6.96. The second-order valence-corrected chi connectivity index (χ2v) is 11.0. The summed E-state index contributed by atoms with van der Waals surface area (Å²) in [4.78, 5) is 47.4. The predicted octanol–water partition coefficient (Wildman–Crippen LogP) is -2.04. The molecule has 0 radical (unpaired) electrons. The maximum atomic E-state index is 11.9. The number of terminal acetylenes is 1. The van der Waals surface area contributed by atoms with Gasteiger partial charge in [-0.15, -0.1) is 6.42 Å². The third-order valence-electron chi connectivity index (χ3n) is 4.25. The van der Waals surface area contributed by atoms with Gasteiger partial charge in [-0.05, 0) is 0 Å². The first-order valence-electron chi connectivity index (χ1n) is 8.55. The van der Waals surface area contributed by atoms with E-state index in [2.05, 4.69) is 28.1 Å². The van der Waals surface area contributed by atoms with Crippen molar-refractivity contribution < 1.29 is 61.4 Å². The molecule has 1 aliphatic rings. The fraction of sp³-hybridized carbons (Fsp3) is 0.417. The lowest BCUT2D eigenvalue weighted by Crippen LogP contribution is -2.45. The highest BCUT2D eigenvalue weighted by Gasteiger charge is 2.56. The molecule has 2 unspecified atom stereocenters. The molecule has 3 heterocycles. The van der Waals surface area contributed by atoms with Crippen LogP contribution in [0.3, 0.4) is 0 Å². The number of hydrogen-bond acceptors (Lipinski definition) is 14. The van der Waals surface area contributed by atoms with Gasteiger partial charge in [0.25, 0.3) is 0 Å². The van der Waals surface area contributed by atoms with Crippen molar-refractivity contribution in [2.75, 3.05) is 18.1 Å². The van der Waals surface area contributed by atoms with Crippen LogP contribution in [0.5, 0.6) is 0 Å². The van der Waals surface area contributed by atoms with Crippen molar-refractivity contribution in [3.63, 3.8) is 0 Å². The second kappa shape index (κ2) is 8.90. The van der Waals surface area contributed by atoms with Crippen molar-refractivity contribution in [3.8, 4) is 12.3 Å². The molecular weight excluding hydrogens is 529 g/mol. The zero-order valence-electron chi connectivity index (χ0n) is 16.4. The van der Waals surface area contributed by atoms with Gasteiger partial charge in [-0.25, -0.2) is 18.7 Å². The molecule has 0 bridgehead atoms. The molecule has 22 heteroatoms. The SMILES string of the molecule is C#C[C@@]1(O)[C@H](O)[C@@H](COP(=O)(O)OP(=O)(O)OP(=O)(O)O)O[C@H]1n1cnc2c(N)nc(N)nc21. The van der Waals surface area contributed by atoms with E-state index >= 15 is 0 Å². The van der Waals surface area contributed by atoms with Gasteiger partial charge in [0, 0.05) is 0 Å². The van der Waals surface area contributed by atoms with Gasteiger partial charge in [-0.3, -0.25) is 9.09 Å². The topological polar surface area (TPSA) is 305 Å². The summed E-state index contributed by atoms with van der Waals surface area (Å²) in [5, 5.41) is 21.3. The summed E-state index contributed by atoms with van der Waals surface area (Å²) in [6.45, 7) is -1.09. The monoisotopic (exact) mass is 546 g/mol. The second-order valence-electron chi connectivity index (χ2n) is 6.62. The highest BCUT2D eigenvalue weighted by molar-refractivity contribution is 7.66. The molecule has 188 valence electrons. The van der Waals surface area contributed by atoms with Crippen LogP contribution in [0.15, 0.2) is 6.33 Å². The van der Waals surface area contributed by atoms with Gasteiger partial charge in [0.15, 0.2) is 23.3 Å². The van der Waals surface area contributed by atoms with Crippen molar-refractivity contribution in [2.24, 2.45) is 0 Å². The molecule has 2 aromatic rings. The Morgan fingerprint density at radius 3 is 2.41 bits per heavy atom. The number of nitrogen functional groups attached to an aromatic ring is 2. The van der Waals surface area contributed by atoms with Gasteiger partial charge in [0.05, 0.1) is 12.9 Å². The predicted molar refractivity (Wildman–Crippen MR) is 108 cm³/mol. The number of nitrogens with zero attached hydrogens (tertiary/aromatic N) is 4. The minimum Gasteiger partial charge on any atom is -0.386 e. The summed E-state index contributed by atoms with van der Waals surface area (Å²) >= 11 is 0. The van der Waals surface area contributed by atoms with Gasteiger partial charge < -0.3 is 46.0 Å². The number of hydrogen-bond donors (Lipinski definition) is 8. The minimum absolute atomic E-state index is 0.0448. The Bertz CT molecular complexity index is 1290. The quantitative estimate of drug-likeness (QED) is 0.130. The number of nitrogens with two attached hydrogens (primary N) is 2. The van der Waals surface area contributed by atoms with Gasteiger partial charge in [0.1, 0.15) is 17.7 Å². The Labute approximate surface area is 188 Å². The van der Waals surface area contributed by atoms with Gasteiger partial charge in [-0.1, -0.05) is 5.92 Å². The smallest absolute Gasteiger partial charge is 0.386 e. The van der Waals surface area contributed by atoms with E-state index in [0.717, 1.165) is 10.9 Å². The average molecular weight is 546 g/mol. The van der Waals surface area contributed by atoms with Crippen LogP contribution in [0.2, 0.25) is 0 Å². The fourth-order valence-corrected chi connectivity index (χ4v) is 5.97. The van der Waals surface area contributed by atoms with Crippen molar-refractivity contribution in [3.05, 3.63) is 6.33 Å². The summed E-state index contributed by atoms with van der Waals surface area (Å²) in [6.07, 6.45) is 1.17. The van der Waals surface area contributed by atoms with Crippen LogP contribution < -0.4 is 11.5 Å². The number of fused-ring (bicyclic) bond motifs is 1. The molecule has 0 amide bonds. The van der Waals surface area contributed by atoms with Gasteiger partial charge in [-0.2, -0.15) is 18.6 Å². The third-order valence-corrected chi connectivity index (χ3v) is 8.05. The fourth-order valence-electron chi connectivity index (χ4n) is 2.94. The molecule has 1 fully saturated rings. The number of aliphatic hydroxyl groups is 2. The first-order chi connectivity index (χ1) is 15.5. The van der Waals surface area contributed by atoms with Crippen molar-refractivity contribution in [2.45, 2.75) is 24.0 Å². The third kappa shape index (κ3) is 5.46. The number of rotatable bonds is 8. The number of aliphatic hydroxyl groups excluding tert-OH is 1. The summed E-state index contributed by atoms with van der Waals surface area (Å²) in [7, 11) is -16.9. The van der Waals surface area contributed by atoms with Crippen LogP contribution in [0.25, 0.3) is 11.2 Å². The Morgan fingerprint density at radius 2 is 1.82 bits per heavy atom. The number of phosphoric ester groups is 1. The minimum atomic E-state index is -5.77. The zero-order valence-corrected chi connectivity index (χ0v) is 19.1. The lowest BCUT2D eigenvalue weighted by molar-refractivity contribution is -0.0717. The van der Waals surface area contributed by atoms with Crippen LogP contribution in [-0.4, -0.2) is 73.7 Å². The van der Waals surface area contributed by atoms with Gasteiger partial charge in [0.2, 0.25) is 5.95 Å². The molecule has 0 aliphatic carbocycles. The Morgan fingerprint density at radius 1 is 1.18 bits per heavy atom. The molecule has 1 saturated heterocycles. The van der Waals surface area contributed by atoms with E-state index in [1.807, 2.05) is 5.92 Å². The summed E-state index contributed by atoms with van der Waals surface area (Å²) < 4.78 is 52.1. The molecule has 34 heavy (non-hydrogen) atoms. The maximum absolute atomic E-state index is 11.9. The highest BCUT2D eigenvalue weighted by Crippen LogP contribution is 2.66. The lowest BCUT2D eigenvalue weighted by atomic mass is 9.95. The number of ether oxygens (including phenoxy) is 1. The molecule has 3 rings (SSSR count). The molecule has 1 aliphatic heterocycles. The first-order valence-corrected chi connectivity index (χ1v) is 13.1. The van der Waals surface area contributed by atoms with E-state index in [-0.39, 0.29) is 22.9 Å². The molecule has 19 nitrogen and oxygen atoms in total. The number of anilines is 2. The van der Waals surface area contributed by atoms with Crippen LogP contribution >= 0.6 is 23.5 Å². The molecule has 6 atom stereocenters. The number of imidazole rings is 1. The van der Waals surface area contributed by atoms with Crippen LogP contribution in [0.4, 0.5) is 11.8 Å². The van der Waals surface area contributed by atoms with E-state index in [1.165, 1.54) is 0 Å². The Hall–Kier alpha value is -2.00. The van der Waals surface area contributed by atoms with E-state index in [9.17, 15) is 33.7 Å². The van der Waals surface area contributed by atoms with Crippen molar-refractivity contribution >= 4 is 46.4 Å². The average Bonchev–Trinajstić information content (AvgIpc) is 3.17. The molecule has 0 aromatic carbocycles. The normalized spacial score (nSPS) is 28.9. The standard InChI is InChI=1S/C12H17N6O13P3/c1-2-12(20)7(19)5(3-28-33(24,25)31-34(26,27)30-32(21,22)23)29-10(12)18-4-15-6-8(13)16-11(14)17-9(6)18/h1,4-5,7,10,19-20H,3H2,(H,24,25)(H,26,27)(H2,21,22,23)(H4,13,14,16,17)/t5-,7-,10-,12-/m1/s1. The van der Waals surface area contributed by atoms with E-state index in [0.29, 0.717) is 0 Å². The van der Waals surface area contributed by atoms with E-state index in [4.69, 9.17) is 32.4 Å². The largest absolute Gasteiger partial charge is 0.490 e. The Balaban J connectivity index is 1.82. The first kappa shape index (κ1) is 26.6. The zero-order chi connectivity index (χ0) is 25.7.